The maximum Gasteiger partial charge on any atom is 0.278 e. The summed E-state index contributed by atoms with van der Waals surface area (Å²) in [5.74, 6) is 0.440. The number of nitrogens with zero attached hydrogens (tertiary/aromatic N) is 2. The molecule has 1 heterocycles. The Balaban J connectivity index is 1.94. The van der Waals surface area contributed by atoms with Crippen molar-refractivity contribution in [1.29, 1.82) is 0 Å². The minimum absolute atomic E-state index is 0.154. The van der Waals surface area contributed by atoms with Crippen LogP contribution in [0.3, 0.4) is 0 Å². The van der Waals surface area contributed by atoms with Crippen LogP contribution in [0.2, 0.25) is 0 Å². The predicted molar refractivity (Wildman–Crippen MR) is 125 cm³/mol. The van der Waals surface area contributed by atoms with Gasteiger partial charge in [0, 0.05) is 32.0 Å². The molecular weight excluding hydrogens is 390 g/mol. The van der Waals surface area contributed by atoms with Crippen LogP contribution in [0.5, 0.6) is 5.75 Å². The van der Waals surface area contributed by atoms with E-state index in [0.29, 0.717) is 23.7 Å². The zero-order valence-corrected chi connectivity index (χ0v) is 18.5. The molecule has 1 aliphatic rings. The van der Waals surface area contributed by atoms with Gasteiger partial charge in [-0.25, -0.2) is 0 Å². The van der Waals surface area contributed by atoms with Gasteiger partial charge in [-0.2, -0.15) is 0 Å². The number of imide groups is 1. The quantitative estimate of drug-likeness (QED) is 0.488. The molecule has 0 spiro atoms. The number of hydrogen-bond acceptors (Lipinski definition) is 5. The van der Waals surface area contributed by atoms with Crippen LogP contribution in [0.4, 0.5) is 11.4 Å². The van der Waals surface area contributed by atoms with Crippen molar-refractivity contribution in [1.82, 2.24) is 4.90 Å². The van der Waals surface area contributed by atoms with Gasteiger partial charge in [0.2, 0.25) is 0 Å². The first-order chi connectivity index (χ1) is 14.8. The fourth-order valence-electron chi connectivity index (χ4n) is 3.22. The summed E-state index contributed by atoms with van der Waals surface area (Å²) in [5.41, 5.74) is 3.05. The number of carbonyl (C=O) groups is 2. The van der Waals surface area contributed by atoms with Crippen LogP contribution >= 0.6 is 0 Å². The SMILES string of the molecule is C=CCN1C(=O)C(Nc2ccc(N(C)C)cc2)=C(c2ccc(OCC(C)C)cc2)C1=O. The van der Waals surface area contributed by atoms with Gasteiger partial charge >= 0.3 is 0 Å². The van der Waals surface area contributed by atoms with Crippen molar-refractivity contribution in [3.8, 4) is 5.75 Å². The van der Waals surface area contributed by atoms with Gasteiger partial charge in [-0.1, -0.05) is 32.1 Å². The molecule has 0 bridgehead atoms. The molecule has 6 nitrogen and oxygen atoms in total. The Kier molecular flexibility index (Phi) is 6.80. The molecule has 0 radical (unpaired) electrons. The maximum absolute atomic E-state index is 13.1. The molecule has 31 heavy (non-hydrogen) atoms. The van der Waals surface area contributed by atoms with E-state index < -0.39 is 0 Å². The van der Waals surface area contributed by atoms with Crippen molar-refractivity contribution in [2.24, 2.45) is 5.92 Å². The van der Waals surface area contributed by atoms with Crippen molar-refractivity contribution < 1.29 is 14.3 Å². The topological polar surface area (TPSA) is 61.9 Å². The van der Waals surface area contributed by atoms with Crippen LogP contribution < -0.4 is 15.0 Å². The molecule has 0 saturated carbocycles. The van der Waals surface area contributed by atoms with E-state index in [-0.39, 0.29) is 24.1 Å². The number of anilines is 2. The highest BCUT2D eigenvalue weighted by atomic mass is 16.5. The average molecular weight is 420 g/mol. The van der Waals surface area contributed by atoms with Crippen LogP contribution in [0.1, 0.15) is 19.4 Å². The Bertz CT molecular complexity index is 990. The molecule has 0 saturated heterocycles. The van der Waals surface area contributed by atoms with Gasteiger partial charge in [0.05, 0.1) is 12.2 Å². The summed E-state index contributed by atoms with van der Waals surface area (Å²) in [5, 5.41) is 3.16. The zero-order valence-electron chi connectivity index (χ0n) is 18.5. The van der Waals surface area contributed by atoms with Gasteiger partial charge in [0.15, 0.2) is 0 Å². The first kappa shape index (κ1) is 22.2. The molecule has 0 aromatic heterocycles. The lowest BCUT2D eigenvalue weighted by Gasteiger charge is -2.14. The lowest BCUT2D eigenvalue weighted by molar-refractivity contribution is -0.136. The van der Waals surface area contributed by atoms with E-state index in [1.54, 1.807) is 6.08 Å². The van der Waals surface area contributed by atoms with E-state index in [4.69, 9.17) is 4.74 Å². The zero-order chi connectivity index (χ0) is 22.5. The molecule has 0 aliphatic carbocycles. The third-order valence-corrected chi connectivity index (χ3v) is 4.86. The van der Waals surface area contributed by atoms with Gasteiger partial charge in [-0.05, 0) is 47.9 Å². The van der Waals surface area contributed by atoms with E-state index in [0.717, 1.165) is 17.1 Å². The van der Waals surface area contributed by atoms with Gasteiger partial charge in [-0.15, -0.1) is 6.58 Å². The van der Waals surface area contributed by atoms with E-state index in [9.17, 15) is 9.59 Å². The molecule has 6 heteroatoms. The normalized spacial score (nSPS) is 13.8. The van der Waals surface area contributed by atoms with Gasteiger partial charge in [-0.3, -0.25) is 14.5 Å². The van der Waals surface area contributed by atoms with Crippen molar-refractivity contribution in [3.63, 3.8) is 0 Å². The molecule has 162 valence electrons. The largest absolute Gasteiger partial charge is 0.493 e. The highest BCUT2D eigenvalue weighted by molar-refractivity contribution is 6.36. The first-order valence-electron chi connectivity index (χ1n) is 10.3. The Morgan fingerprint density at radius 2 is 1.68 bits per heavy atom. The van der Waals surface area contributed by atoms with Crippen LogP contribution in [0.25, 0.3) is 5.57 Å². The van der Waals surface area contributed by atoms with Crippen molar-refractivity contribution in [2.75, 3.05) is 37.5 Å². The lowest BCUT2D eigenvalue weighted by atomic mass is 10.0. The smallest absolute Gasteiger partial charge is 0.278 e. The van der Waals surface area contributed by atoms with Crippen molar-refractivity contribution in [3.05, 3.63) is 72.4 Å². The van der Waals surface area contributed by atoms with Gasteiger partial charge in [0.1, 0.15) is 11.4 Å². The molecule has 0 atom stereocenters. The van der Waals surface area contributed by atoms with E-state index in [2.05, 4.69) is 25.7 Å². The summed E-state index contributed by atoms with van der Waals surface area (Å²) in [6.07, 6.45) is 1.55. The first-order valence-corrected chi connectivity index (χ1v) is 10.3. The maximum atomic E-state index is 13.1. The molecule has 2 aromatic carbocycles. The third kappa shape index (κ3) is 4.97. The fraction of sp³-hybridized carbons (Fsp3) is 0.280. The highest BCUT2D eigenvalue weighted by Crippen LogP contribution is 2.31. The molecular formula is C25H29N3O3. The molecule has 3 rings (SSSR count). The Hall–Kier alpha value is -3.54. The van der Waals surface area contributed by atoms with Crippen LogP contribution in [0, 0.1) is 5.92 Å². The number of carbonyl (C=O) groups excluding carboxylic acids is 2. The summed E-state index contributed by atoms with van der Waals surface area (Å²) < 4.78 is 5.73. The number of amides is 2. The summed E-state index contributed by atoms with van der Waals surface area (Å²) >= 11 is 0. The van der Waals surface area contributed by atoms with Crippen molar-refractivity contribution in [2.45, 2.75) is 13.8 Å². The monoisotopic (exact) mass is 419 g/mol. The van der Waals surface area contributed by atoms with E-state index >= 15 is 0 Å². The molecule has 2 aromatic rings. The second-order valence-corrected chi connectivity index (χ2v) is 8.06. The molecule has 1 N–H and O–H groups in total. The number of rotatable bonds is 9. The molecule has 2 amide bonds. The Labute approximate surface area is 183 Å². The Morgan fingerprint density at radius 1 is 1.03 bits per heavy atom. The predicted octanol–water partition coefficient (Wildman–Crippen LogP) is 4.17. The average Bonchev–Trinajstić information content (AvgIpc) is 2.97. The summed E-state index contributed by atoms with van der Waals surface area (Å²) in [4.78, 5) is 29.3. The second-order valence-electron chi connectivity index (χ2n) is 8.06. The van der Waals surface area contributed by atoms with Crippen LogP contribution in [0.15, 0.2) is 66.9 Å². The Morgan fingerprint density at radius 3 is 2.23 bits per heavy atom. The summed E-state index contributed by atoms with van der Waals surface area (Å²) in [6.45, 7) is 8.60. The van der Waals surface area contributed by atoms with Gasteiger partial charge in [0.25, 0.3) is 11.8 Å². The van der Waals surface area contributed by atoms with Crippen molar-refractivity contribution >= 4 is 28.8 Å². The fourth-order valence-corrected chi connectivity index (χ4v) is 3.22. The van der Waals surface area contributed by atoms with Gasteiger partial charge < -0.3 is 15.0 Å². The lowest BCUT2D eigenvalue weighted by Crippen LogP contribution is -2.32. The summed E-state index contributed by atoms with van der Waals surface area (Å²) in [6, 6.07) is 14.9. The molecule has 0 fully saturated rings. The standard InChI is InChI=1S/C25H29N3O3/c1-6-15-28-24(29)22(18-7-13-21(14-8-18)31-16-17(2)3)23(25(28)30)26-19-9-11-20(12-10-19)27(4)5/h6-14,17,26H,1,15-16H2,2-5H3. The minimum Gasteiger partial charge on any atom is -0.493 e. The number of nitrogens with one attached hydrogen (secondary N) is 1. The second kappa shape index (κ2) is 9.51. The minimum atomic E-state index is -0.364. The van der Waals surface area contributed by atoms with Crippen LogP contribution in [-0.2, 0) is 9.59 Å². The summed E-state index contributed by atoms with van der Waals surface area (Å²) in [7, 11) is 3.92. The number of ether oxygens (including phenoxy) is 1. The van der Waals surface area contributed by atoms with E-state index in [1.807, 2.05) is 67.5 Å². The third-order valence-electron chi connectivity index (χ3n) is 4.86. The number of benzene rings is 2. The highest BCUT2D eigenvalue weighted by Gasteiger charge is 2.38. The number of hydrogen-bond donors (Lipinski definition) is 1. The molecule has 1 aliphatic heterocycles. The van der Waals surface area contributed by atoms with Crippen LogP contribution in [-0.4, -0.2) is 44.0 Å². The van der Waals surface area contributed by atoms with E-state index in [1.165, 1.54) is 4.90 Å². The molecule has 0 unspecified atom stereocenters.